The van der Waals surface area contributed by atoms with Crippen LogP contribution in [0.1, 0.15) is 20.3 Å². The summed E-state index contributed by atoms with van der Waals surface area (Å²) in [5.41, 5.74) is 1.73. The van der Waals surface area contributed by atoms with Gasteiger partial charge in [0, 0.05) is 50.7 Å². The molecule has 1 N–H and O–H groups in total. The van der Waals surface area contributed by atoms with Gasteiger partial charge in [-0.05, 0) is 31.7 Å². The highest BCUT2D eigenvalue weighted by molar-refractivity contribution is 6.31. The van der Waals surface area contributed by atoms with Crippen molar-refractivity contribution in [1.82, 2.24) is 9.80 Å². The number of likely N-dealkylation sites (N-methyl/N-ethyl adjacent to an activating group) is 1. The Morgan fingerprint density at radius 1 is 1.19 bits per heavy atom. The van der Waals surface area contributed by atoms with E-state index < -0.39 is 0 Å². The normalized spacial score (nSPS) is 21.3. The van der Waals surface area contributed by atoms with Crippen LogP contribution < -0.4 is 10.2 Å². The smallest absolute Gasteiger partial charge is 0.229 e. The molecule has 2 aliphatic heterocycles. The van der Waals surface area contributed by atoms with Crippen molar-refractivity contribution in [2.75, 3.05) is 56.0 Å². The van der Waals surface area contributed by atoms with Crippen molar-refractivity contribution in [3.05, 3.63) is 23.2 Å². The number of amides is 2. The van der Waals surface area contributed by atoms with Crippen molar-refractivity contribution in [3.8, 4) is 0 Å². The lowest BCUT2D eigenvalue weighted by Gasteiger charge is -2.36. The van der Waals surface area contributed by atoms with E-state index in [1.807, 2.05) is 19.1 Å². The molecule has 0 aliphatic carbocycles. The molecule has 7 heteroatoms. The molecule has 2 heterocycles. The Morgan fingerprint density at radius 2 is 1.92 bits per heavy atom. The van der Waals surface area contributed by atoms with Crippen LogP contribution in [-0.2, 0) is 9.59 Å². The van der Waals surface area contributed by atoms with Crippen molar-refractivity contribution in [2.24, 2.45) is 5.92 Å². The van der Waals surface area contributed by atoms with Gasteiger partial charge in [-0.15, -0.1) is 0 Å². The van der Waals surface area contributed by atoms with Crippen LogP contribution in [0.5, 0.6) is 0 Å². The number of benzene rings is 1. The third-order valence-electron chi connectivity index (χ3n) is 5.34. The van der Waals surface area contributed by atoms with E-state index in [1.165, 1.54) is 0 Å². The number of rotatable bonds is 5. The van der Waals surface area contributed by atoms with Gasteiger partial charge in [-0.25, -0.2) is 0 Å². The average Bonchev–Trinajstić information content (AvgIpc) is 3.03. The highest BCUT2D eigenvalue weighted by Gasteiger charge is 2.33. The van der Waals surface area contributed by atoms with Gasteiger partial charge in [0.15, 0.2) is 0 Å². The van der Waals surface area contributed by atoms with Crippen LogP contribution >= 0.6 is 11.6 Å². The molecule has 2 aliphatic rings. The molecule has 26 heavy (non-hydrogen) atoms. The summed E-state index contributed by atoms with van der Waals surface area (Å²) in [5, 5.41) is 3.62. The molecule has 3 rings (SSSR count). The van der Waals surface area contributed by atoms with Gasteiger partial charge in [0.1, 0.15) is 0 Å². The first kappa shape index (κ1) is 19.0. The summed E-state index contributed by atoms with van der Waals surface area (Å²) in [7, 11) is 0. The lowest BCUT2D eigenvalue weighted by molar-refractivity contribution is -0.128. The fourth-order valence-corrected chi connectivity index (χ4v) is 3.85. The molecule has 1 aromatic rings. The van der Waals surface area contributed by atoms with E-state index in [4.69, 9.17) is 11.6 Å². The quantitative estimate of drug-likeness (QED) is 0.854. The first-order valence-corrected chi connectivity index (χ1v) is 9.75. The number of anilines is 2. The number of hydrogen-bond donors (Lipinski definition) is 1. The van der Waals surface area contributed by atoms with Crippen LogP contribution in [0.25, 0.3) is 0 Å². The second-order valence-electron chi connectivity index (χ2n) is 6.91. The molecule has 2 saturated heterocycles. The minimum Gasteiger partial charge on any atom is -0.367 e. The van der Waals surface area contributed by atoms with Gasteiger partial charge in [0.2, 0.25) is 11.8 Å². The molecular weight excluding hydrogens is 352 g/mol. The molecule has 0 radical (unpaired) electrons. The molecule has 1 atom stereocenters. The van der Waals surface area contributed by atoms with E-state index in [0.29, 0.717) is 18.1 Å². The van der Waals surface area contributed by atoms with Crippen molar-refractivity contribution < 1.29 is 9.59 Å². The molecule has 1 aromatic carbocycles. The second-order valence-corrected chi connectivity index (χ2v) is 7.34. The standard InChI is InChI=1S/C19H27ClN4O2/c1-3-22-7-9-24(10-8-22)17-6-5-15(20)12-16(17)21-19(26)14-11-18(25)23(4-2)13-14/h5-6,12,14H,3-4,7-11,13H2,1-2H3,(H,21,26). The number of carbonyl (C=O) groups excluding carboxylic acids is 2. The fraction of sp³-hybridized carbons (Fsp3) is 0.579. The minimum absolute atomic E-state index is 0.0506. The number of halogens is 1. The van der Waals surface area contributed by atoms with Crippen molar-refractivity contribution in [1.29, 1.82) is 0 Å². The average molecular weight is 379 g/mol. The summed E-state index contributed by atoms with van der Waals surface area (Å²) in [5.74, 6) is -0.356. The molecular formula is C19H27ClN4O2. The highest BCUT2D eigenvalue weighted by atomic mass is 35.5. The summed E-state index contributed by atoms with van der Waals surface area (Å²) < 4.78 is 0. The van der Waals surface area contributed by atoms with Crippen molar-refractivity contribution in [3.63, 3.8) is 0 Å². The van der Waals surface area contributed by atoms with Crippen LogP contribution in [-0.4, -0.2) is 67.4 Å². The Bertz CT molecular complexity index is 674. The van der Waals surface area contributed by atoms with Crippen LogP contribution in [0.4, 0.5) is 11.4 Å². The third kappa shape index (κ3) is 4.13. The maximum Gasteiger partial charge on any atom is 0.229 e. The number of piperazine rings is 1. The van der Waals surface area contributed by atoms with E-state index in [-0.39, 0.29) is 24.2 Å². The van der Waals surface area contributed by atoms with E-state index >= 15 is 0 Å². The van der Waals surface area contributed by atoms with Crippen molar-refractivity contribution >= 4 is 34.8 Å². The first-order chi connectivity index (χ1) is 12.5. The summed E-state index contributed by atoms with van der Waals surface area (Å²) >= 11 is 6.17. The van der Waals surface area contributed by atoms with Crippen LogP contribution in [0.2, 0.25) is 5.02 Å². The molecule has 0 bridgehead atoms. The summed E-state index contributed by atoms with van der Waals surface area (Å²) in [6.45, 7) is 10.2. The van der Waals surface area contributed by atoms with Gasteiger partial charge in [0.25, 0.3) is 0 Å². The second kappa shape index (κ2) is 8.27. The highest BCUT2D eigenvalue weighted by Crippen LogP contribution is 2.31. The van der Waals surface area contributed by atoms with Crippen molar-refractivity contribution in [2.45, 2.75) is 20.3 Å². The number of likely N-dealkylation sites (tertiary alicyclic amines) is 1. The monoisotopic (exact) mass is 378 g/mol. The molecule has 6 nitrogen and oxygen atoms in total. The summed E-state index contributed by atoms with van der Waals surface area (Å²) in [4.78, 5) is 31.0. The largest absolute Gasteiger partial charge is 0.367 e. The zero-order chi connectivity index (χ0) is 18.7. The Morgan fingerprint density at radius 3 is 2.54 bits per heavy atom. The van der Waals surface area contributed by atoms with Gasteiger partial charge in [-0.3, -0.25) is 9.59 Å². The van der Waals surface area contributed by atoms with Gasteiger partial charge >= 0.3 is 0 Å². The number of hydrogen-bond acceptors (Lipinski definition) is 4. The molecule has 2 fully saturated rings. The predicted molar refractivity (Wildman–Crippen MR) is 105 cm³/mol. The molecule has 142 valence electrons. The fourth-order valence-electron chi connectivity index (χ4n) is 3.68. The summed E-state index contributed by atoms with van der Waals surface area (Å²) in [6, 6.07) is 5.63. The van der Waals surface area contributed by atoms with Gasteiger partial charge in [-0.1, -0.05) is 18.5 Å². The zero-order valence-electron chi connectivity index (χ0n) is 15.5. The molecule has 0 spiro atoms. The first-order valence-electron chi connectivity index (χ1n) is 9.37. The molecule has 1 unspecified atom stereocenters. The Labute approximate surface area is 160 Å². The van der Waals surface area contributed by atoms with E-state index in [2.05, 4.69) is 22.0 Å². The predicted octanol–water partition coefficient (Wildman–Crippen LogP) is 2.29. The molecule has 2 amide bonds. The van der Waals surface area contributed by atoms with E-state index in [9.17, 15) is 9.59 Å². The van der Waals surface area contributed by atoms with Crippen LogP contribution in [0.3, 0.4) is 0 Å². The maximum atomic E-state index is 12.7. The Hall–Kier alpha value is -1.79. The zero-order valence-corrected chi connectivity index (χ0v) is 16.3. The third-order valence-corrected chi connectivity index (χ3v) is 5.58. The van der Waals surface area contributed by atoms with E-state index in [0.717, 1.165) is 44.1 Å². The van der Waals surface area contributed by atoms with E-state index in [1.54, 1.807) is 11.0 Å². The van der Waals surface area contributed by atoms with Gasteiger partial charge < -0.3 is 20.0 Å². The Balaban J connectivity index is 1.72. The number of nitrogens with zero attached hydrogens (tertiary/aromatic N) is 3. The molecule has 0 saturated carbocycles. The SMILES string of the molecule is CCN1CCN(c2ccc(Cl)cc2NC(=O)C2CC(=O)N(CC)C2)CC1. The Kier molecular flexibility index (Phi) is 6.04. The van der Waals surface area contributed by atoms with Crippen LogP contribution in [0, 0.1) is 5.92 Å². The van der Waals surface area contributed by atoms with Gasteiger partial charge in [-0.2, -0.15) is 0 Å². The lowest BCUT2D eigenvalue weighted by Crippen LogP contribution is -2.46. The summed E-state index contributed by atoms with van der Waals surface area (Å²) in [6.07, 6.45) is 0.282. The number of nitrogens with one attached hydrogen (secondary N) is 1. The number of carbonyl (C=O) groups is 2. The lowest BCUT2D eigenvalue weighted by atomic mass is 10.1. The minimum atomic E-state index is -0.300. The maximum absolute atomic E-state index is 12.7. The molecule has 0 aromatic heterocycles. The van der Waals surface area contributed by atoms with Gasteiger partial charge in [0.05, 0.1) is 17.3 Å². The van der Waals surface area contributed by atoms with Crippen LogP contribution in [0.15, 0.2) is 18.2 Å². The topological polar surface area (TPSA) is 55.9 Å².